The molecule has 1 aromatic rings. The van der Waals surface area contributed by atoms with Crippen molar-refractivity contribution in [3.05, 3.63) is 24.3 Å². The molecule has 0 amide bonds. The average Bonchev–Trinajstić information content (AvgIpc) is 2.80. The first kappa shape index (κ1) is 10.8. The van der Waals surface area contributed by atoms with Gasteiger partial charge in [-0.25, -0.2) is 0 Å². The van der Waals surface area contributed by atoms with Gasteiger partial charge in [0.25, 0.3) is 0 Å². The van der Waals surface area contributed by atoms with Crippen molar-refractivity contribution in [2.24, 2.45) is 0 Å². The molecule has 1 N–H and O–H groups in total. The Bertz CT molecular complexity index is 293. The van der Waals surface area contributed by atoms with Gasteiger partial charge in [-0.15, -0.1) is 11.8 Å². The van der Waals surface area contributed by atoms with E-state index in [1.54, 1.807) is 11.8 Å². The van der Waals surface area contributed by atoms with Crippen LogP contribution in [-0.4, -0.2) is 25.4 Å². The van der Waals surface area contributed by atoms with Crippen molar-refractivity contribution >= 4 is 11.8 Å². The smallest absolute Gasteiger partial charge is 0.119 e. The molecule has 82 valence electrons. The van der Waals surface area contributed by atoms with Crippen LogP contribution in [0.5, 0.6) is 5.75 Å². The second kappa shape index (κ2) is 5.42. The van der Waals surface area contributed by atoms with E-state index >= 15 is 0 Å². The van der Waals surface area contributed by atoms with Crippen LogP contribution in [0.15, 0.2) is 29.2 Å². The second-order valence-electron chi connectivity index (χ2n) is 3.78. The van der Waals surface area contributed by atoms with Crippen LogP contribution in [0.1, 0.15) is 12.8 Å². The second-order valence-corrected chi connectivity index (χ2v) is 4.66. The molecule has 1 saturated heterocycles. The molecule has 1 aliphatic rings. The van der Waals surface area contributed by atoms with Gasteiger partial charge < -0.3 is 10.1 Å². The van der Waals surface area contributed by atoms with E-state index in [9.17, 15) is 0 Å². The maximum Gasteiger partial charge on any atom is 0.119 e. The van der Waals surface area contributed by atoms with Gasteiger partial charge in [0.15, 0.2) is 0 Å². The van der Waals surface area contributed by atoms with Crippen LogP contribution in [0, 0.1) is 0 Å². The van der Waals surface area contributed by atoms with E-state index in [0.29, 0.717) is 6.04 Å². The Kier molecular flexibility index (Phi) is 3.92. The van der Waals surface area contributed by atoms with Gasteiger partial charge in [-0.05, 0) is 49.9 Å². The molecule has 0 bridgehead atoms. The minimum absolute atomic E-state index is 0.547. The molecule has 1 atom stereocenters. The van der Waals surface area contributed by atoms with Crippen molar-refractivity contribution in [2.75, 3.05) is 19.4 Å². The van der Waals surface area contributed by atoms with Gasteiger partial charge in [0.2, 0.25) is 0 Å². The molecule has 0 aromatic heterocycles. The molecule has 0 radical (unpaired) electrons. The number of rotatable bonds is 4. The molecule has 1 fully saturated rings. The normalized spacial score (nSPS) is 20.5. The molecule has 1 aromatic carbocycles. The molecular formula is C12H17NOS. The number of hydrogen-bond donors (Lipinski definition) is 1. The molecular weight excluding hydrogens is 206 g/mol. The monoisotopic (exact) mass is 223 g/mol. The highest BCUT2D eigenvalue weighted by Gasteiger charge is 2.14. The van der Waals surface area contributed by atoms with Gasteiger partial charge in [-0.1, -0.05) is 0 Å². The number of benzene rings is 1. The molecule has 1 aliphatic heterocycles. The van der Waals surface area contributed by atoms with Gasteiger partial charge in [0.1, 0.15) is 12.4 Å². The van der Waals surface area contributed by atoms with E-state index in [1.807, 2.05) is 12.1 Å². The fourth-order valence-corrected chi connectivity index (χ4v) is 2.18. The molecule has 2 rings (SSSR count). The zero-order chi connectivity index (χ0) is 10.5. The molecule has 1 heterocycles. The van der Waals surface area contributed by atoms with E-state index in [2.05, 4.69) is 23.7 Å². The number of ether oxygens (including phenoxy) is 1. The number of thioether (sulfide) groups is 1. The molecule has 0 saturated carbocycles. The summed E-state index contributed by atoms with van der Waals surface area (Å²) in [5.74, 6) is 0.974. The van der Waals surface area contributed by atoms with Crippen molar-refractivity contribution in [2.45, 2.75) is 23.8 Å². The summed E-state index contributed by atoms with van der Waals surface area (Å²) in [6.07, 6.45) is 4.60. The van der Waals surface area contributed by atoms with Crippen LogP contribution in [0.3, 0.4) is 0 Å². The Morgan fingerprint density at radius 3 is 2.80 bits per heavy atom. The first-order valence-electron chi connectivity index (χ1n) is 5.39. The fourth-order valence-electron chi connectivity index (χ4n) is 1.77. The molecule has 3 heteroatoms. The predicted molar refractivity (Wildman–Crippen MR) is 64.7 cm³/mol. The lowest BCUT2D eigenvalue weighted by Crippen LogP contribution is -2.28. The maximum atomic E-state index is 5.72. The molecule has 15 heavy (non-hydrogen) atoms. The largest absolute Gasteiger partial charge is 0.492 e. The minimum Gasteiger partial charge on any atom is -0.492 e. The van der Waals surface area contributed by atoms with Gasteiger partial charge in [0.05, 0.1) is 0 Å². The van der Waals surface area contributed by atoms with Crippen LogP contribution >= 0.6 is 11.8 Å². The third-order valence-corrected chi connectivity index (χ3v) is 3.42. The summed E-state index contributed by atoms with van der Waals surface area (Å²) in [5.41, 5.74) is 0. The first-order valence-corrected chi connectivity index (χ1v) is 6.61. The molecule has 0 spiro atoms. The minimum atomic E-state index is 0.547. The Hall–Kier alpha value is -0.670. The summed E-state index contributed by atoms with van der Waals surface area (Å²) in [6.45, 7) is 1.93. The zero-order valence-corrected chi connectivity index (χ0v) is 9.85. The Labute approximate surface area is 95.4 Å². The quantitative estimate of drug-likeness (QED) is 0.793. The van der Waals surface area contributed by atoms with Crippen molar-refractivity contribution in [3.63, 3.8) is 0 Å². The summed E-state index contributed by atoms with van der Waals surface area (Å²) >= 11 is 1.75. The lowest BCUT2D eigenvalue weighted by molar-refractivity contribution is 0.277. The third kappa shape index (κ3) is 3.14. The number of nitrogens with one attached hydrogen (secondary N) is 1. The summed E-state index contributed by atoms with van der Waals surface area (Å²) in [7, 11) is 0. The Morgan fingerprint density at radius 1 is 1.40 bits per heavy atom. The van der Waals surface area contributed by atoms with E-state index < -0.39 is 0 Å². The molecule has 0 aliphatic carbocycles. The van der Waals surface area contributed by atoms with E-state index in [-0.39, 0.29) is 0 Å². The van der Waals surface area contributed by atoms with Gasteiger partial charge in [-0.2, -0.15) is 0 Å². The molecule has 2 nitrogen and oxygen atoms in total. The van der Waals surface area contributed by atoms with Crippen molar-refractivity contribution in [3.8, 4) is 5.75 Å². The predicted octanol–water partition coefficient (Wildman–Crippen LogP) is 2.54. The standard InChI is InChI=1S/C12H17NOS/c1-15-12-6-4-11(5-7-12)14-9-10-3-2-8-13-10/h4-7,10,13H,2-3,8-9H2,1H3/t10-/m0/s1. The summed E-state index contributed by atoms with van der Waals surface area (Å²) < 4.78 is 5.72. The van der Waals surface area contributed by atoms with Crippen LogP contribution in [-0.2, 0) is 0 Å². The van der Waals surface area contributed by atoms with Crippen molar-refractivity contribution in [1.82, 2.24) is 5.32 Å². The van der Waals surface area contributed by atoms with Crippen LogP contribution < -0.4 is 10.1 Å². The van der Waals surface area contributed by atoms with Gasteiger partial charge in [-0.3, -0.25) is 0 Å². The lowest BCUT2D eigenvalue weighted by Gasteiger charge is -2.12. The van der Waals surface area contributed by atoms with Crippen molar-refractivity contribution < 1.29 is 4.74 Å². The first-order chi connectivity index (χ1) is 7.38. The summed E-state index contributed by atoms with van der Waals surface area (Å²) in [5, 5.41) is 3.42. The van der Waals surface area contributed by atoms with E-state index in [1.165, 1.54) is 17.7 Å². The fraction of sp³-hybridized carbons (Fsp3) is 0.500. The van der Waals surface area contributed by atoms with Crippen molar-refractivity contribution in [1.29, 1.82) is 0 Å². The molecule has 0 unspecified atom stereocenters. The van der Waals surface area contributed by atoms with Gasteiger partial charge in [0, 0.05) is 10.9 Å². The van der Waals surface area contributed by atoms with E-state index in [4.69, 9.17) is 4.74 Å². The summed E-state index contributed by atoms with van der Waals surface area (Å²) in [4.78, 5) is 1.28. The maximum absolute atomic E-state index is 5.72. The van der Waals surface area contributed by atoms with Crippen LogP contribution in [0.2, 0.25) is 0 Å². The van der Waals surface area contributed by atoms with Crippen LogP contribution in [0.4, 0.5) is 0 Å². The highest BCUT2D eigenvalue weighted by molar-refractivity contribution is 7.98. The third-order valence-electron chi connectivity index (χ3n) is 2.67. The highest BCUT2D eigenvalue weighted by atomic mass is 32.2. The lowest BCUT2D eigenvalue weighted by atomic mass is 10.2. The van der Waals surface area contributed by atoms with Gasteiger partial charge >= 0.3 is 0 Å². The zero-order valence-electron chi connectivity index (χ0n) is 9.03. The SMILES string of the molecule is CSc1ccc(OC[C@@H]2CCCN2)cc1. The van der Waals surface area contributed by atoms with Crippen LogP contribution in [0.25, 0.3) is 0 Å². The average molecular weight is 223 g/mol. The summed E-state index contributed by atoms with van der Waals surface area (Å²) in [6, 6.07) is 8.83. The number of hydrogen-bond acceptors (Lipinski definition) is 3. The Balaban J connectivity index is 1.82. The Morgan fingerprint density at radius 2 is 2.20 bits per heavy atom. The van der Waals surface area contributed by atoms with E-state index in [0.717, 1.165) is 18.9 Å². The highest BCUT2D eigenvalue weighted by Crippen LogP contribution is 2.19. The topological polar surface area (TPSA) is 21.3 Å².